The van der Waals surface area contributed by atoms with Crippen LogP contribution in [0.5, 0.6) is 0 Å². The lowest BCUT2D eigenvalue weighted by Crippen LogP contribution is -2.27. The lowest BCUT2D eigenvalue weighted by Gasteiger charge is -2.22. The summed E-state index contributed by atoms with van der Waals surface area (Å²) < 4.78 is 79.1. The van der Waals surface area contributed by atoms with Crippen LogP contribution < -0.4 is 5.32 Å². The number of anilines is 1. The van der Waals surface area contributed by atoms with Gasteiger partial charge in [0, 0.05) is 11.6 Å². The summed E-state index contributed by atoms with van der Waals surface area (Å²) in [5.74, 6) is -0.937. The fourth-order valence-electron chi connectivity index (χ4n) is 2.37. The molecule has 1 N–H and O–H groups in total. The standard InChI is InChI=1S/C17H17F6N3O/c1-9-5-13(26(25-9)15(2,3)4)24-14(27)10-6-11(16(18,19)20)8-12(7-10)17(21,22)23/h5-8H,1-4H3,(H,24,27). The zero-order valence-electron chi connectivity index (χ0n) is 14.9. The summed E-state index contributed by atoms with van der Waals surface area (Å²) in [5, 5.41) is 6.52. The number of hydrogen-bond acceptors (Lipinski definition) is 2. The first-order chi connectivity index (χ1) is 12.1. The first kappa shape index (κ1) is 20.8. The number of benzene rings is 1. The van der Waals surface area contributed by atoms with Crippen LogP contribution in [0.15, 0.2) is 24.3 Å². The molecule has 27 heavy (non-hydrogen) atoms. The predicted molar refractivity (Wildman–Crippen MR) is 86.4 cm³/mol. The van der Waals surface area contributed by atoms with Crippen LogP contribution in [0.1, 0.15) is 48.0 Å². The minimum atomic E-state index is -5.03. The van der Waals surface area contributed by atoms with Gasteiger partial charge in [0.1, 0.15) is 5.82 Å². The number of hydrogen-bond donors (Lipinski definition) is 1. The molecule has 0 saturated carbocycles. The molecule has 0 unspecified atom stereocenters. The van der Waals surface area contributed by atoms with E-state index in [1.54, 1.807) is 27.7 Å². The van der Waals surface area contributed by atoms with Gasteiger partial charge in [-0.05, 0) is 45.9 Å². The van der Waals surface area contributed by atoms with E-state index in [1.165, 1.54) is 10.7 Å². The smallest absolute Gasteiger partial charge is 0.307 e. The second-order valence-corrected chi connectivity index (χ2v) is 7.00. The third kappa shape index (κ3) is 4.81. The molecule has 2 rings (SSSR count). The van der Waals surface area contributed by atoms with Crippen molar-refractivity contribution in [1.29, 1.82) is 0 Å². The maximum atomic E-state index is 12.9. The minimum Gasteiger partial charge on any atom is -0.307 e. The molecule has 0 aliphatic heterocycles. The molecule has 1 aromatic carbocycles. The van der Waals surface area contributed by atoms with Gasteiger partial charge in [-0.15, -0.1) is 0 Å². The number of carbonyl (C=O) groups excluding carboxylic acids is 1. The summed E-state index contributed by atoms with van der Waals surface area (Å²) in [4.78, 5) is 12.4. The Morgan fingerprint density at radius 2 is 1.41 bits per heavy atom. The van der Waals surface area contributed by atoms with Crippen LogP contribution in [0.3, 0.4) is 0 Å². The highest BCUT2D eigenvalue weighted by atomic mass is 19.4. The Hall–Kier alpha value is -2.52. The maximum Gasteiger partial charge on any atom is 0.416 e. The number of nitrogens with zero attached hydrogens (tertiary/aromatic N) is 2. The van der Waals surface area contributed by atoms with E-state index >= 15 is 0 Å². The van der Waals surface area contributed by atoms with Crippen LogP contribution in [0.2, 0.25) is 0 Å². The van der Waals surface area contributed by atoms with Gasteiger partial charge in [0.05, 0.1) is 22.4 Å². The van der Waals surface area contributed by atoms with E-state index in [2.05, 4.69) is 10.4 Å². The van der Waals surface area contributed by atoms with Gasteiger partial charge in [-0.1, -0.05) is 0 Å². The van der Waals surface area contributed by atoms with Gasteiger partial charge in [0.25, 0.3) is 5.91 Å². The summed E-state index contributed by atoms with van der Waals surface area (Å²) in [6, 6.07) is 2.21. The molecular formula is C17H17F6N3O. The number of rotatable bonds is 2. The van der Waals surface area contributed by atoms with Crippen molar-refractivity contribution in [2.24, 2.45) is 0 Å². The van der Waals surface area contributed by atoms with Crippen molar-refractivity contribution in [3.8, 4) is 0 Å². The lowest BCUT2D eigenvalue weighted by atomic mass is 10.0. The molecule has 0 radical (unpaired) electrons. The Bertz CT molecular complexity index is 827. The molecule has 0 spiro atoms. The summed E-state index contributed by atoms with van der Waals surface area (Å²) in [5.41, 5.74) is -3.90. The van der Waals surface area contributed by atoms with Gasteiger partial charge in [0.2, 0.25) is 0 Å². The SMILES string of the molecule is Cc1cc(NC(=O)c2cc(C(F)(F)F)cc(C(F)(F)F)c2)n(C(C)(C)C)n1. The van der Waals surface area contributed by atoms with Gasteiger partial charge in [-0.3, -0.25) is 4.79 Å². The predicted octanol–water partition coefficient (Wildman–Crippen LogP) is 5.24. The number of carbonyl (C=O) groups is 1. The van der Waals surface area contributed by atoms with Gasteiger partial charge in [0.15, 0.2) is 0 Å². The molecule has 0 fully saturated rings. The molecule has 1 amide bonds. The van der Waals surface area contributed by atoms with Crippen molar-refractivity contribution in [3.63, 3.8) is 0 Å². The quantitative estimate of drug-likeness (QED) is 0.710. The molecule has 1 heterocycles. The molecule has 148 valence electrons. The second-order valence-electron chi connectivity index (χ2n) is 7.00. The largest absolute Gasteiger partial charge is 0.416 e. The fraction of sp³-hybridized carbons (Fsp3) is 0.412. The van der Waals surface area contributed by atoms with E-state index < -0.39 is 40.5 Å². The Balaban J connectivity index is 2.48. The number of alkyl halides is 6. The normalized spacial score (nSPS) is 13.0. The average Bonchev–Trinajstić information content (AvgIpc) is 2.85. The number of nitrogens with one attached hydrogen (secondary N) is 1. The van der Waals surface area contributed by atoms with Crippen molar-refractivity contribution in [1.82, 2.24) is 9.78 Å². The average molecular weight is 393 g/mol. The van der Waals surface area contributed by atoms with E-state index in [9.17, 15) is 31.1 Å². The number of halogens is 6. The van der Waals surface area contributed by atoms with Crippen LogP contribution in [-0.2, 0) is 17.9 Å². The number of aryl methyl sites for hydroxylation is 1. The molecule has 10 heteroatoms. The highest BCUT2D eigenvalue weighted by Gasteiger charge is 2.37. The third-order valence-electron chi connectivity index (χ3n) is 3.56. The minimum absolute atomic E-state index is 0.0274. The highest BCUT2D eigenvalue weighted by Crippen LogP contribution is 2.36. The zero-order valence-corrected chi connectivity index (χ0v) is 14.9. The highest BCUT2D eigenvalue weighted by molar-refractivity contribution is 6.04. The summed E-state index contributed by atoms with van der Waals surface area (Å²) in [6.45, 7) is 6.98. The van der Waals surface area contributed by atoms with Crippen molar-refractivity contribution >= 4 is 11.7 Å². The third-order valence-corrected chi connectivity index (χ3v) is 3.56. The van der Waals surface area contributed by atoms with Crippen molar-refractivity contribution < 1.29 is 31.1 Å². The van der Waals surface area contributed by atoms with Gasteiger partial charge in [-0.2, -0.15) is 31.4 Å². The Kier molecular flexibility index (Phi) is 5.06. The van der Waals surface area contributed by atoms with Crippen LogP contribution in [0.25, 0.3) is 0 Å². The Morgan fingerprint density at radius 3 is 1.81 bits per heavy atom. The number of aromatic nitrogens is 2. The van der Waals surface area contributed by atoms with Gasteiger partial charge < -0.3 is 5.32 Å². The van der Waals surface area contributed by atoms with E-state index in [1.807, 2.05) is 0 Å². The topological polar surface area (TPSA) is 46.9 Å². The molecule has 2 aromatic rings. The number of amides is 1. The molecule has 0 bridgehead atoms. The maximum absolute atomic E-state index is 12.9. The zero-order chi connectivity index (χ0) is 20.8. The van der Waals surface area contributed by atoms with E-state index in [0.717, 1.165) is 0 Å². The summed E-state index contributed by atoms with van der Waals surface area (Å²) in [7, 11) is 0. The van der Waals surface area contributed by atoms with Crippen LogP contribution in [0, 0.1) is 6.92 Å². The Labute approximate surface area is 151 Å². The molecule has 4 nitrogen and oxygen atoms in total. The van der Waals surface area contributed by atoms with Crippen LogP contribution in [-0.4, -0.2) is 15.7 Å². The first-order valence-electron chi connectivity index (χ1n) is 7.77. The van der Waals surface area contributed by atoms with Crippen molar-refractivity contribution in [2.45, 2.75) is 45.6 Å². The monoisotopic (exact) mass is 393 g/mol. The molecule has 0 aliphatic rings. The summed E-state index contributed by atoms with van der Waals surface area (Å²) >= 11 is 0. The van der Waals surface area contributed by atoms with Gasteiger partial charge >= 0.3 is 12.4 Å². The van der Waals surface area contributed by atoms with Crippen molar-refractivity contribution in [2.75, 3.05) is 5.32 Å². The second kappa shape index (κ2) is 6.58. The van der Waals surface area contributed by atoms with E-state index in [0.29, 0.717) is 17.8 Å². The fourth-order valence-corrected chi connectivity index (χ4v) is 2.37. The lowest BCUT2D eigenvalue weighted by molar-refractivity contribution is -0.143. The first-order valence-corrected chi connectivity index (χ1v) is 7.77. The van der Waals surface area contributed by atoms with Crippen LogP contribution in [0.4, 0.5) is 32.2 Å². The van der Waals surface area contributed by atoms with E-state index in [-0.39, 0.29) is 11.9 Å². The van der Waals surface area contributed by atoms with Crippen LogP contribution >= 0.6 is 0 Å². The molecule has 1 aromatic heterocycles. The molecule has 0 aliphatic carbocycles. The van der Waals surface area contributed by atoms with Gasteiger partial charge in [-0.25, -0.2) is 4.68 Å². The van der Waals surface area contributed by atoms with Crippen molar-refractivity contribution in [3.05, 3.63) is 46.6 Å². The Morgan fingerprint density at radius 1 is 0.926 bits per heavy atom. The summed E-state index contributed by atoms with van der Waals surface area (Å²) in [6.07, 6.45) is -10.1. The molecule has 0 atom stereocenters. The molecular weight excluding hydrogens is 376 g/mol. The van der Waals surface area contributed by atoms with E-state index in [4.69, 9.17) is 0 Å². The molecule has 0 saturated heterocycles.